The maximum atomic E-state index is 4.96. The summed E-state index contributed by atoms with van der Waals surface area (Å²) in [5.41, 5.74) is 2.45. The summed E-state index contributed by atoms with van der Waals surface area (Å²) in [5, 5.41) is 4.66. The number of hydrogen-bond acceptors (Lipinski definition) is 5. The molecule has 1 atom stereocenters. The smallest absolute Gasteiger partial charge is 0.116 e. The molecule has 5 heteroatoms. The number of fused-ring (bicyclic) bond motifs is 1. The van der Waals surface area contributed by atoms with Gasteiger partial charge in [0.1, 0.15) is 5.01 Å². The summed E-state index contributed by atoms with van der Waals surface area (Å²) in [6, 6.07) is 17.7. The van der Waals surface area contributed by atoms with E-state index in [1.165, 1.54) is 20.2 Å². The summed E-state index contributed by atoms with van der Waals surface area (Å²) in [4.78, 5) is 8.82. The van der Waals surface area contributed by atoms with Crippen molar-refractivity contribution in [2.75, 3.05) is 32.4 Å². The highest BCUT2D eigenvalue weighted by Gasteiger charge is 2.26. The van der Waals surface area contributed by atoms with Gasteiger partial charge in [-0.2, -0.15) is 0 Å². The fourth-order valence-electron chi connectivity index (χ4n) is 3.24. The molecule has 0 spiro atoms. The monoisotopic (exact) mass is 355 g/mol. The van der Waals surface area contributed by atoms with Crippen molar-refractivity contribution in [2.45, 2.75) is 10.9 Å². The summed E-state index contributed by atoms with van der Waals surface area (Å²) in [5.74, 6) is 0. The number of piperazine rings is 1. The van der Waals surface area contributed by atoms with Gasteiger partial charge in [-0.15, -0.1) is 23.1 Å². The third kappa shape index (κ3) is 3.22. The van der Waals surface area contributed by atoms with Gasteiger partial charge in [0.25, 0.3) is 0 Å². The highest BCUT2D eigenvalue weighted by atomic mass is 32.2. The first-order chi connectivity index (χ1) is 11.8. The van der Waals surface area contributed by atoms with Gasteiger partial charge in [-0.05, 0) is 36.1 Å². The van der Waals surface area contributed by atoms with Gasteiger partial charge in [-0.25, -0.2) is 4.98 Å². The molecular weight excluding hydrogens is 334 g/mol. The van der Waals surface area contributed by atoms with E-state index < -0.39 is 0 Å². The molecule has 0 aliphatic carbocycles. The first-order valence-electron chi connectivity index (χ1n) is 8.29. The SMILES string of the molecule is CSc1ccc(C(c2nc3ccccc3s2)N2CCNCC2)cc1. The van der Waals surface area contributed by atoms with E-state index >= 15 is 0 Å². The average Bonchev–Trinajstić information content (AvgIpc) is 3.07. The maximum absolute atomic E-state index is 4.96. The Bertz CT molecular complexity index is 774. The van der Waals surface area contributed by atoms with Crippen LogP contribution in [0.1, 0.15) is 16.6 Å². The Morgan fingerprint density at radius 2 is 1.83 bits per heavy atom. The van der Waals surface area contributed by atoms with Crippen molar-refractivity contribution in [2.24, 2.45) is 0 Å². The number of nitrogens with zero attached hydrogens (tertiary/aromatic N) is 2. The second-order valence-electron chi connectivity index (χ2n) is 5.98. The van der Waals surface area contributed by atoms with Crippen LogP contribution >= 0.6 is 23.1 Å². The Morgan fingerprint density at radius 1 is 1.08 bits per heavy atom. The molecule has 1 N–H and O–H groups in total. The van der Waals surface area contributed by atoms with E-state index in [-0.39, 0.29) is 6.04 Å². The third-order valence-electron chi connectivity index (χ3n) is 4.49. The molecule has 0 bridgehead atoms. The number of nitrogens with one attached hydrogen (secondary N) is 1. The van der Waals surface area contributed by atoms with E-state index in [2.05, 4.69) is 65.0 Å². The number of benzene rings is 2. The molecule has 1 saturated heterocycles. The highest BCUT2D eigenvalue weighted by molar-refractivity contribution is 7.98. The van der Waals surface area contributed by atoms with Crippen LogP contribution in [-0.4, -0.2) is 42.3 Å². The standard InChI is InChI=1S/C19H21N3S2/c1-23-15-8-6-14(7-9-15)18(22-12-10-20-11-13-22)19-21-16-4-2-3-5-17(16)24-19/h2-9,18,20H,10-13H2,1H3. The van der Waals surface area contributed by atoms with Gasteiger partial charge in [-0.1, -0.05) is 24.3 Å². The first kappa shape index (κ1) is 16.1. The number of hydrogen-bond donors (Lipinski definition) is 1. The Hall–Kier alpha value is -1.40. The summed E-state index contributed by atoms with van der Waals surface area (Å²) in [6.45, 7) is 4.21. The third-order valence-corrected chi connectivity index (χ3v) is 6.33. The molecule has 3 aromatic rings. The van der Waals surface area contributed by atoms with Crippen LogP contribution in [0.3, 0.4) is 0 Å². The topological polar surface area (TPSA) is 28.2 Å². The van der Waals surface area contributed by atoms with Crippen molar-refractivity contribution in [3.8, 4) is 0 Å². The molecule has 0 amide bonds. The Balaban J connectivity index is 1.76. The quantitative estimate of drug-likeness (QED) is 0.716. The van der Waals surface area contributed by atoms with Crippen molar-refractivity contribution < 1.29 is 0 Å². The highest BCUT2D eigenvalue weighted by Crippen LogP contribution is 2.35. The zero-order chi connectivity index (χ0) is 16.4. The van der Waals surface area contributed by atoms with Gasteiger partial charge in [0, 0.05) is 31.1 Å². The van der Waals surface area contributed by atoms with E-state index in [0.29, 0.717) is 0 Å². The number of rotatable bonds is 4. The lowest BCUT2D eigenvalue weighted by Gasteiger charge is -2.34. The number of thioether (sulfide) groups is 1. The summed E-state index contributed by atoms with van der Waals surface area (Å²) < 4.78 is 1.27. The molecule has 3 nitrogen and oxygen atoms in total. The number of thiazole rings is 1. The molecule has 0 radical (unpaired) electrons. The van der Waals surface area contributed by atoms with Crippen molar-refractivity contribution >= 4 is 33.3 Å². The normalized spacial score (nSPS) is 17.2. The first-order valence-corrected chi connectivity index (χ1v) is 10.3. The van der Waals surface area contributed by atoms with Crippen molar-refractivity contribution in [1.29, 1.82) is 0 Å². The van der Waals surface area contributed by atoms with E-state index in [1.54, 1.807) is 11.8 Å². The van der Waals surface area contributed by atoms with E-state index in [1.807, 2.05) is 11.3 Å². The molecule has 1 aromatic heterocycles. The van der Waals surface area contributed by atoms with Gasteiger partial charge in [0.2, 0.25) is 0 Å². The summed E-state index contributed by atoms with van der Waals surface area (Å²) in [6.07, 6.45) is 2.12. The lowest BCUT2D eigenvalue weighted by molar-refractivity contribution is 0.198. The second-order valence-corrected chi connectivity index (χ2v) is 7.92. The van der Waals surface area contributed by atoms with Crippen LogP contribution in [0.5, 0.6) is 0 Å². The van der Waals surface area contributed by atoms with Gasteiger partial charge in [0.05, 0.1) is 16.3 Å². The van der Waals surface area contributed by atoms with Crippen molar-refractivity contribution in [1.82, 2.24) is 15.2 Å². The number of para-hydroxylation sites is 1. The molecule has 4 rings (SSSR count). The Morgan fingerprint density at radius 3 is 2.54 bits per heavy atom. The van der Waals surface area contributed by atoms with E-state index in [4.69, 9.17) is 4.98 Å². The molecule has 2 heterocycles. The average molecular weight is 356 g/mol. The van der Waals surface area contributed by atoms with Crippen LogP contribution in [0.2, 0.25) is 0 Å². The largest absolute Gasteiger partial charge is 0.314 e. The predicted octanol–water partition coefficient (Wildman–Crippen LogP) is 4.01. The fraction of sp³-hybridized carbons (Fsp3) is 0.316. The zero-order valence-corrected chi connectivity index (χ0v) is 15.4. The second kappa shape index (κ2) is 7.23. The molecule has 124 valence electrons. The molecular formula is C19H21N3S2. The maximum Gasteiger partial charge on any atom is 0.116 e. The Labute approximate surface area is 151 Å². The van der Waals surface area contributed by atoms with Crippen LogP contribution in [-0.2, 0) is 0 Å². The van der Waals surface area contributed by atoms with Crippen molar-refractivity contribution in [3.05, 3.63) is 59.1 Å². The number of aromatic nitrogens is 1. The van der Waals surface area contributed by atoms with Gasteiger partial charge >= 0.3 is 0 Å². The van der Waals surface area contributed by atoms with Gasteiger partial charge in [0.15, 0.2) is 0 Å². The molecule has 2 aromatic carbocycles. The molecule has 0 saturated carbocycles. The van der Waals surface area contributed by atoms with Gasteiger partial charge in [-0.3, -0.25) is 4.90 Å². The fourth-order valence-corrected chi connectivity index (χ4v) is 4.78. The molecule has 24 heavy (non-hydrogen) atoms. The van der Waals surface area contributed by atoms with Crippen LogP contribution < -0.4 is 5.32 Å². The summed E-state index contributed by atoms with van der Waals surface area (Å²) in [7, 11) is 0. The molecule has 1 aliphatic rings. The van der Waals surface area contributed by atoms with Gasteiger partial charge < -0.3 is 5.32 Å². The Kier molecular flexibility index (Phi) is 4.85. The van der Waals surface area contributed by atoms with Crippen LogP contribution in [0.4, 0.5) is 0 Å². The van der Waals surface area contributed by atoms with Crippen molar-refractivity contribution in [3.63, 3.8) is 0 Å². The zero-order valence-electron chi connectivity index (χ0n) is 13.7. The predicted molar refractivity (Wildman–Crippen MR) is 104 cm³/mol. The van der Waals surface area contributed by atoms with Crippen LogP contribution in [0.25, 0.3) is 10.2 Å². The lowest BCUT2D eigenvalue weighted by atomic mass is 10.1. The van der Waals surface area contributed by atoms with Crippen LogP contribution in [0, 0.1) is 0 Å². The summed E-state index contributed by atoms with van der Waals surface area (Å²) >= 11 is 3.61. The molecule has 1 fully saturated rings. The van der Waals surface area contributed by atoms with Crippen LogP contribution in [0.15, 0.2) is 53.4 Å². The lowest BCUT2D eigenvalue weighted by Crippen LogP contribution is -2.45. The minimum Gasteiger partial charge on any atom is -0.314 e. The molecule has 1 aliphatic heterocycles. The minimum atomic E-state index is 0.250. The van der Waals surface area contributed by atoms with E-state index in [9.17, 15) is 0 Å². The van der Waals surface area contributed by atoms with E-state index in [0.717, 1.165) is 31.7 Å². The molecule has 1 unspecified atom stereocenters. The minimum absolute atomic E-state index is 0.250.